The lowest BCUT2D eigenvalue weighted by Gasteiger charge is -2.12. The molecule has 4 nitrogen and oxygen atoms in total. The molecule has 3 aromatic rings. The van der Waals surface area contributed by atoms with E-state index in [-0.39, 0.29) is 5.56 Å². The minimum Gasteiger partial charge on any atom is -0.398 e. The molecular weight excluding hydrogens is 274 g/mol. The third kappa shape index (κ3) is 2.14. The minimum absolute atomic E-state index is 0.178. The predicted molar refractivity (Wildman–Crippen MR) is 81.0 cm³/mol. The van der Waals surface area contributed by atoms with Gasteiger partial charge in [-0.1, -0.05) is 29.8 Å². The van der Waals surface area contributed by atoms with Crippen LogP contribution in [0.4, 0.5) is 5.69 Å². The van der Waals surface area contributed by atoms with Gasteiger partial charge in [0.2, 0.25) is 0 Å². The van der Waals surface area contributed by atoms with Gasteiger partial charge in [-0.15, -0.1) is 0 Å². The van der Waals surface area contributed by atoms with Crippen molar-refractivity contribution in [1.82, 2.24) is 9.55 Å². The summed E-state index contributed by atoms with van der Waals surface area (Å²) in [6.07, 6.45) is 1.31. The molecule has 2 N–H and O–H groups in total. The Labute approximate surface area is 120 Å². The van der Waals surface area contributed by atoms with E-state index < -0.39 is 0 Å². The lowest BCUT2D eigenvalue weighted by atomic mass is 10.1. The molecule has 0 bridgehead atoms. The summed E-state index contributed by atoms with van der Waals surface area (Å²) in [5.41, 5.74) is 8.61. The van der Waals surface area contributed by atoms with Gasteiger partial charge in [0.25, 0.3) is 5.56 Å². The van der Waals surface area contributed by atoms with Crippen LogP contribution in [-0.2, 0) is 6.54 Å². The predicted octanol–water partition coefficient (Wildman–Crippen LogP) is 2.68. The summed E-state index contributed by atoms with van der Waals surface area (Å²) in [6, 6.07) is 12.8. The van der Waals surface area contributed by atoms with E-state index in [2.05, 4.69) is 4.98 Å². The van der Waals surface area contributed by atoms with Gasteiger partial charge in [0.15, 0.2) is 0 Å². The van der Waals surface area contributed by atoms with Crippen LogP contribution in [0.25, 0.3) is 11.0 Å². The zero-order valence-corrected chi connectivity index (χ0v) is 11.3. The Morgan fingerprint density at radius 1 is 1.15 bits per heavy atom. The third-order valence-electron chi connectivity index (χ3n) is 3.22. The van der Waals surface area contributed by atoms with E-state index in [1.54, 1.807) is 22.8 Å². The molecule has 3 rings (SSSR count). The van der Waals surface area contributed by atoms with Crippen LogP contribution in [0, 0.1) is 0 Å². The fourth-order valence-electron chi connectivity index (χ4n) is 2.18. The van der Waals surface area contributed by atoms with Gasteiger partial charge in [0.05, 0.1) is 23.8 Å². The van der Waals surface area contributed by atoms with Gasteiger partial charge in [0.1, 0.15) is 0 Å². The smallest absolute Gasteiger partial charge is 0.269 e. The van der Waals surface area contributed by atoms with E-state index in [9.17, 15) is 4.79 Å². The van der Waals surface area contributed by atoms with E-state index in [1.165, 1.54) is 6.20 Å². The molecule has 0 aliphatic heterocycles. The molecule has 0 saturated heterocycles. The van der Waals surface area contributed by atoms with Crippen LogP contribution >= 0.6 is 11.6 Å². The molecule has 0 aliphatic rings. The third-order valence-corrected chi connectivity index (χ3v) is 3.58. The maximum absolute atomic E-state index is 12.1. The van der Waals surface area contributed by atoms with Gasteiger partial charge in [-0.05, 0) is 24.3 Å². The molecule has 0 atom stereocenters. The maximum atomic E-state index is 12.1. The van der Waals surface area contributed by atoms with Crippen LogP contribution < -0.4 is 11.3 Å². The second-order valence-corrected chi connectivity index (χ2v) is 4.89. The summed E-state index contributed by atoms with van der Waals surface area (Å²) in [5, 5.41) is 0.554. The van der Waals surface area contributed by atoms with Crippen LogP contribution in [0.15, 0.2) is 53.5 Å². The second kappa shape index (κ2) is 4.98. The quantitative estimate of drug-likeness (QED) is 0.737. The SMILES string of the molecule is Nc1cccc(Cl)c1Cn1c(=O)cnc2ccccc21. The topological polar surface area (TPSA) is 60.9 Å². The summed E-state index contributed by atoms with van der Waals surface area (Å²) in [6.45, 7) is 0.327. The van der Waals surface area contributed by atoms with Crippen LogP contribution in [0.3, 0.4) is 0 Å². The van der Waals surface area contributed by atoms with Gasteiger partial charge in [-0.2, -0.15) is 0 Å². The van der Waals surface area contributed by atoms with E-state index in [1.807, 2.05) is 24.3 Å². The number of rotatable bonds is 2. The van der Waals surface area contributed by atoms with E-state index >= 15 is 0 Å². The number of nitrogens with zero attached hydrogens (tertiary/aromatic N) is 2. The van der Waals surface area contributed by atoms with Gasteiger partial charge >= 0.3 is 0 Å². The Kier molecular flexibility index (Phi) is 3.16. The number of para-hydroxylation sites is 2. The summed E-state index contributed by atoms with van der Waals surface area (Å²) < 4.78 is 1.62. The Morgan fingerprint density at radius 2 is 1.95 bits per heavy atom. The number of aromatic nitrogens is 2. The Balaban J connectivity index is 2.21. The van der Waals surface area contributed by atoms with Crippen LogP contribution in [0.2, 0.25) is 5.02 Å². The van der Waals surface area contributed by atoms with Gasteiger partial charge in [-0.3, -0.25) is 4.79 Å². The summed E-state index contributed by atoms with van der Waals surface area (Å²) >= 11 is 6.17. The fourth-order valence-corrected chi connectivity index (χ4v) is 2.42. The number of halogens is 1. The number of nitrogens with two attached hydrogens (primary N) is 1. The fraction of sp³-hybridized carbons (Fsp3) is 0.0667. The Morgan fingerprint density at radius 3 is 2.75 bits per heavy atom. The zero-order valence-electron chi connectivity index (χ0n) is 10.6. The van der Waals surface area contributed by atoms with Crippen LogP contribution in [0.1, 0.15) is 5.56 Å². The first kappa shape index (κ1) is 12.7. The highest BCUT2D eigenvalue weighted by atomic mass is 35.5. The summed E-state index contributed by atoms with van der Waals surface area (Å²) in [4.78, 5) is 16.2. The monoisotopic (exact) mass is 285 g/mol. The van der Waals surface area contributed by atoms with E-state index in [4.69, 9.17) is 17.3 Å². The minimum atomic E-state index is -0.178. The molecule has 100 valence electrons. The molecular formula is C15H12ClN3O. The largest absolute Gasteiger partial charge is 0.398 e. The molecule has 0 radical (unpaired) electrons. The highest BCUT2D eigenvalue weighted by Gasteiger charge is 2.09. The highest BCUT2D eigenvalue weighted by Crippen LogP contribution is 2.23. The van der Waals surface area contributed by atoms with Gasteiger partial charge in [0, 0.05) is 16.3 Å². The van der Waals surface area contributed by atoms with Crippen molar-refractivity contribution in [2.24, 2.45) is 0 Å². The second-order valence-electron chi connectivity index (χ2n) is 4.48. The average Bonchev–Trinajstić information content (AvgIpc) is 2.45. The molecule has 20 heavy (non-hydrogen) atoms. The number of hydrogen-bond donors (Lipinski definition) is 1. The number of benzene rings is 2. The van der Waals surface area contributed by atoms with Crippen molar-refractivity contribution < 1.29 is 0 Å². The number of nitrogen functional groups attached to an aromatic ring is 1. The molecule has 1 aromatic heterocycles. The Bertz CT molecular complexity index is 822. The van der Waals surface area contributed by atoms with Crippen LogP contribution in [-0.4, -0.2) is 9.55 Å². The van der Waals surface area contributed by atoms with Crippen molar-refractivity contribution in [3.63, 3.8) is 0 Å². The zero-order chi connectivity index (χ0) is 14.1. The lowest BCUT2D eigenvalue weighted by Crippen LogP contribution is -2.21. The number of fused-ring (bicyclic) bond motifs is 1. The molecule has 0 fully saturated rings. The number of anilines is 1. The van der Waals surface area contributed by atoms with E-state index in [0.29, 0.717) is 17.3 Å². The highest BCUT2D eigenvalue weighted by molar-refractivity contribution is 6.31. The van der Waals surface area contributed by atoms with Crippen molar-refractivity contribution in [1.29, 1.82) is 0 Å². The average molecular weight is 286 g/mol. The molecule has 0 amide bonds. The molecule has 1 heterocycles. The molecule has 5 heteroatoms. The first-order valence-electron chi connectivity index (χ1n) is 6.14. The standard InChI is InChI=1S/C15H12ClN3O/c16-11-4-3-5-12(17)10(11)9-19-14-7-2-1-6-13(14)18-8-15(19)20/h1-8H,9,17H2. The molecule has 0 saturated carbocycles. The van der Waals surface area contributed by atoms with Crippen molar-refractivity contribution in [3.8, 4) is 0 Å². The van der Waals surface area contributed by atoms with Crippen molar-refractivity contribution in [3.05, 3.63) is 69.6 Å². The summed E-state index contributed by atoms with van der Waals surface area (Å²) in [5.74, 6) is 0. The van der Waals surface area contributed by atoms with Crippen molar-refractivity contribution >= 4 is 28.3 Å². The lowest BCUT2D eigenvalue weighted by molar-refractivity contribution is 0.789. The maximum Gasteiger partial charge on any atom is 0.269 e. The first-order valence-corrected chi connectivity index (χ1v) is 6.52. The molecule has 2 aromatic carbocycles. The number of hydrogen-bond acceptors (Lipinski definition) is 3. The van der Waals surface area contributed by atoms with Crippen molar-refractivity contribution in [2.75, 3.05) is 5.73 Å². The molecule has 0 aliphatic carbocycles. The molecule has 0 unspecified atom stereocenters. The Hall–Kier alpha value is -2.33. The van der Waals surface area contributed by atoms with Gasteiger partial charge < -0.3 is 10.3 Å². The summed E-state index contributed by atoms with van der Waals surface area (Å²) in [7, 11) is 0. The van der Waals surface area contributed by atoms with E-state index in [0.717, 1.165) is 16.6 Å². The first-order chi connectivity index (χ1) is 9.66. The van der Waals surface area contributed by atoms with Gasteiger partial charge in [-0.25, -0.2) is 4.98 Å². The van der Waals surface area contributed by atoms with Crippen LogP contribution in [0.5, 0.6) is 0 Å². The van der Waals surface area contributed by atoms with Crippen molar-refractivity contribution in [2.45, 2.75) is 6.54 Å². The molecule has 0 spiro atoms. The normalized spacial score (nSPS) is 10.8.